The minimum absolute atomic E-state index is 0.00131. The molecular weight excluding hydrogens is 712 g/mol. The fourth-order valence-electron chi connectivity index (χ4n) is 4.31. The SMILES string of the molecule is O=C(CNC(=O)[C@@H](CCC(=O)OCc1ccccc1)NC(=O)OCc1ccccc1)NCC(=O)N[C@@H](CO)C(=O)NCC(=O)Oc1ccc([N+](=O)[O-])cc1. The number of hydrogen-bond acceptors (Lipinski definition) is 13. The van der Waals surface area contributed by atoms with E-state index in [-0.39, 0.29) is 37.5 Å². The molecule has 19 nitrogen and oxygen atoms in total. The maximum Gasteiger partial charge on any atom is 0.408 e. The number of hydrogen-bond donors (Lipinski definition) is 6. The third-order valence-corrected chi connectivity index (χ3v) is 7.09. The van der Waals surface area contributed by atoms with Gasteiger partial charge in [-0.15, -0.1) is 0 Å². The number of benzene rings is 3. The molecule has 0 aliphatic carbocycles. The standard InChI is InChI=1S/C35H38N6O13/c42-20-28(34(48)38-19-32(46)54-26-13-11-25(12-14-26)41(50)51)39-30(44)18-36-29(43)17-37-33(47)27(40-35(49)53-22-24-9-5-2-6-10-24)15-16-31(45)52-21-23-7-3-1-4-8-23/h1-14,27-28,42H,15-22H2,(H,36,43)(H,37,47)(H,38,48)(H,39,44)(H,40,49)/t27-,28+/m1/s1. The zero-order chi connectivity index (χ0) is 39.3. The highest BCUT2D eigenvalue weighted by atomic mass is 16.6. The smallest absolute Gasteiger partial charge is 0.408 e. The lowest BCUT2D eigenvalue weighted by Gasteiger charge is -2.18. The van der Waals surface area contributed by atoms with Crippen LogP contribution in [0, 0.1) is 10.1 Å². The third kappa shape index (κ3) is 15.6. The average molecular weight is 751 g/mol. The molecule has 0 heterocycles. The molecule has 0 saturated carbocycles. The summed E-state index contributed by atoms with van der Waals surface area (Å²) in [6.45, 7) is -2.97. The summed E-state index contributed by atoms with van der Waals surface area (Å²) in [5.41, 5.74) is 1.21. The fraction of sp³-hybridized carbons (Fsp3) is 0.286. The molecule has 0 spiro atoms. The number of nitro benzene ring substituents is 1. The Morgan fingerprint density at radius 1 is 0.648 bits per heavy atom. The van der Waals surface area contributed by atoms with Gasteiger partial charge in [-0.05, 0) is 29.7 Å². The number of esters is 2. The topological polar surface area (TPSA) is 271 Å². The second-order valence-electron chi connectivity index (χ2n) is 11.2. The molecule has 5 amide bonds. The summed E-state index contributed by atoms with van der Waals surface area (Å²) in [5, 5.41) is 31.5. The Morgan fingerprint density at radius 2 is 1.20 bits per heavy atom. The lowest BCUT2D eigenvalue weighted by atomic mass is 10.1. The summed E-state index contributed by atoms with van der Waals surface area (Å²) < 4.78 is 15.4. The van der Waals surface area contributed by atoms with Crippen LogP contribution in [0.3, 0.4) is 0 Å². The lowest BCUT2D eigenvalue weighted by Crippen LogP contribution is -2.53. The Kier molecular flexibility index (Phi) is 17.0. The van der Waals surface area contributed by atoms with Crippen molar-refractivity contribution in [2.24, 2.45) is 0 Å². The molecule has 2 atom stereocenters. The van der Waals surface area contributed by atoms with Crippen LogP contribution in [0.15, 0.2) is 84.9 Å². The van der Waals surface area contributed by atoms with E-state index in [0.717, 1.165) is 17.7 Å². The molecule has 3 rings (SSSR count). The van der Waals surface area contributed by atoms with E-state index in [4.69, 9.17) is 14.2 Å². The summed E-state index contributed by atoms with van der Waals surface area (Å²) in [7, 11) is 0. The van der Waals surface area contributed by atoms with Crippen LogP contribution in [-0.2, 0) is 51.5 Å². The molecule has 0 radical (unpaired) electrons. The maximum absolute atomic E-state index is 13.0. The maximum atomic E-state index is 13.0. The molecule has 0 aliphatic rings. The Labute approximate surface area is 307 Å². The van der Waals surface area contributed by atoms with Crippen molar-refractivity contribution in [1.82, 2.24) is 26.6 Å². The predicted molar refractivity (Wildman–Crippen MR) is 186 cm³/mol. The van der Waals surface area contributed by atoms with Crippen molar-refractivity contribution in [3.8, 4) is 5.75 Å². The first-order valence-corrected chi connectivity index (χ1v) is 16.3. The largest absolute Gasteiger partial charge is 0.461 e. The summed E-state index contributed by atoms with van der Waals surface area (Å²) in [5.74, 6) is -5.17. The zero-order valence-corrected chi connectivity index (χ0v) is 28.7. The second-order valence-corrected chi connectivity index (χ2v) is 11.2. The summed E-state index contributed by atoms with van der Waals surface area (Å²) in [6.07, 6.45) is -1.43. The lowest BCUT2D eigenvalue weighted by molar-refractivity contribution is -0.384. The Balaban J connectivity index is 1.43. The van der Waals surface area contributed by atoms with E-state index in [1.165, 1.54) is 12.1 Å². The van der Waals surface area contributed by atoms with E-state index in [0.29, 0.717) is 5.56 Å². The molecule has 0 saturated heterocycles. The van der Waals surface area contributed by atoms with Crippen molar-refractivity contribution in [2.75, 3.05) is 26.2 Å². The van der Waals surface area contributed by atoms with Gasteiger partial charge in [-0.3, -0.25) is 34.1 Å². The number of alkyl carbamates (subject to hydrolysis) is 1. The number of amides is 5. The summed E-state index contributed by atoms with van der Waals surface area (Å²) in [6, 6.07) is 19.4. The van der Waals surface area contributed by atoms with Crippen LogP contribution >= 0.6 is 0 Å². The minimum Gasteiger partial charge on any atom is -0.461 e. The molecule has 0 aliphatic heterocycles. The number of carbonyl (C=O) groups excluding carboxylic acids is 7. The van der Waals surface area contributed by atoms with Gasteiger partial charge in [0.05, 0.1) is 24.6 Å². The Morgan fingerprint density at radius 3 is 1.80 bits per heavy atom. The molecule has 0 aromatic heterocycles. The monoisotopic (exact) mass is 750 g/mol. The van der Waals surface area contributed by atoms with Crippen LogP contribution in [0.5, 0.6) is 5.75 Å². The normalized spacial score (nSPS) is 11.4. The highest BCUT2D eigenvalue weighted by Crippen LogP contribution is 2.17. The molecular formula is C35H38N6O13. The molecule has 3 aromatic carbocycles. The molecule has 0 fully saturated rings. The van der Waals surface area contributed by atoms with Crippen LogP contribution in [0.1, 0.15) is 24.0 Å². The van der Waals surface area contributed by atoms with Gasteiger partial charge in [-0.25, -0.2) is 9.59 Å². The Hall–Kier alpha value is -6.89. The van der Waals surface area contributed by atoms with E-state index < -0.39 is 84.9 Å². The fourth-order valence-corrected chi connectivity index (χ4v) is 4.31. The summed E-state index contributed by atoms with van der Waals surface area (Å²) in [4.78, 5) is 97.1. The van der Waals surface area contributed by atoms with Crippen molar-refractivity contribution in [1.29, 1.82) is 0 Å². The zero-order valence-electron chi connectivity index (χ0n) is 28.7. The van der Waals surface area contributed by atoms with Gasteiger partial charge in [-0.1, -0.05) is 60.7 Å². The average Bonchev–Trinajstić information content (AvgIpc) is 3.18. The van der Waals surface area contributed by atoms with Crippen molar-refractivity contribution in [3.63, 3.8) is 0 Å². The van der Waals surface area contributed by atoms with Crippen LogP contribution in [0.25, 0.3) is 0 Å². The van der Waals surface area contributed by atoms with Crippen LogP contribution < -0.4 is 31.3 Å². The molecule has 0 unspecified atom stereocenters. The highest BCUT2D eigenvalue weighted by molar-refractivity contribution is 5.93. The van der Waals surface area contributed by atoms with Gasteiger partial charge in [0, 0.05) is 18.6 Å². The molecule has 54 heavy (non-hydrogen) atoms. The van der Waals surface area contributed by atoms with Gasteiger partial charge in [0.25, 0.3) is 5.69 Å². The van der Waals surface area contributed by atoms with Crippen LogP contribution in [-0.4, -0.2) is 90.0 Å². The van der Waals surface area contributed by atoms with Crippen LogP contribution in [0.2, 0.25) is 0 Å². The van der Waals surface area contributed by atoms with E-state index in [1.807, 2.05) is 0 Å². The molecule has 6 N–H and O–H groups in total. The van der Waals surface area contributed by atoms with Gasteiger partial charge < -0.3 is 45.9 Å². The molecule has 0 bridgehead atoms. The van der Waals surface area contributed by atoms with E-state index >= 15 is 0 Å². The quantitative estimate of drug-likeness (QED) is 0.0389. The van der Waals surface area contributed by atoms with Crippen molar-refractivity contribution in [2.45, 2.75) is 38.1 Å². The van der Waals surface area contributed by atoms with Crippen molar-refractivity contribution < 1.29 is 57.8 Å². The first-order valence-electron chi connectivity index (χ1n) is 16.3. The number of aliphatic hydroxyl groups is 1. The van der Waals surface area contributed by atoms with E-state index in [2.05, 4.69) is 26.6 Å². The highest BCUT2D eigenvalue weighted by Gasteiger charge is 2.25. The van der Waals surface area contributed by atoms with Crippen molar-refractivity contribution >= 4 is 47.3 Å². The van der Waals surface area contributed by atoms with Gasteiger partial charge in [0.15, 0.2) is 0 Å². The van der Waals surface area contributed by atoms with Gasteiger partial charge in [0.2, 0.25) is 23.6 Å². The number of carbonyl (C=O) groups is 7. The number of rotatable bonds is 20. The number of nitrogens with one attached hydrogen (secondary N) is 5. The molecule has 19 heteroatoms. The second kappa shape index (κ2) is 22.1. The Bertz CT molecular complexity index is 1760. The number of nitrogens with zero attached hydrogens (tertiary/aromatic N) is 1. The van der Waals surface area contributed by atoms with Crippen molar-refractivity contribution in [3.05, 3.63) is 106 Å². The van der Waals surface area contributed by atoms with E-state index in [1.54, 1.807) is 60.7 Å². The van der Waals surface area contributed by atoms with Gasteiger partial charge >= 0.3 is 18.0 Å². The third-order valence-electron chi connectivity index (χ3n) is 7.09. The van der Waals surface area contributed by atoms with Crippen LogP contribution in [0.4, 0.5) is 10.5 Å². The predicted octanol–water partition coefficient (Wildman–Crippen LogP) is 0.145. The number of ether oxygens (including phenoxy) is 3. The van der Waals surface area contributed by atoms with Gasteiger partial charge in [0.1, 0.15) is 37.6 Å². The van der Waals surface area contributed by atoms with E-state index in [9.17, 15) is 48.8 Å². The first-order chi connectivity index (χ1) is 25.9. The number of aliphatic hydroxyl groups excluding tert-OH is 1. The molecule has 286 valence electrons. The first kappa shape index (κ1) is 41.5. The number of non-ortho nitro benzene ring substituents is 1. The van der Waals surface area contributed by atoms with Gasteiger partial charge in [-0.2, -0.15) is 0 Å². The summed E-state index contributed by atoms with van der Waals surface area (Å²) >= 11 is 0. The minimum atomic E-state index is -1.52. The number of nitro groups is 1. The molecule has 3 aromatic rings.